The normalized spacial score (nSPS) is 14.7. The summed E-state index contributed by atoms with van der Waals surface area (Å²) in [5.74, 6) is -0.677. The van der Waals surface area contributed by atoms with Crippen LogP contribution in [0, 0.1) is 12.7 Å². The fraction of sp³-hybridized carbons (Fsp3) is 0.385. The van der Waals surface area contributed by atoms with Crippen molar-refractivity contribution in [2.75, 3.05) is 20.1 Å². The topological polar surface area (TPSA) is 61.4 Å². The van der Waals surface area contributed by atoms with E-state index in [0.29, 0.717) is 28.7 Å². The summed E-state index contributed by atoms with van der Waals surface area (Å²) >= 11 is 3.23. The van der Waals surface area contributed by atoms with Gasteiger partial charge in [-0.25, -0.2) is 9.18 Å². The number of nitrogens with one attached hydrogen (secondary N) is 2. The quantitative estimate of drug-likeness (QED) is 0.857. The molecule has 1 aliphatic rings. The molecule has 2 N–H and O–H groups in total. The van der Waals surface area contributed by atoms with Gasteiger partial charge in [-0.15, -0.1) is 0 Å². The lowest BCUT2D eigenvalue weighted by molar-refractivity contribution is 0.0576. The van der Waals surface area contributed by atoms with Crippen LogP contribution in [0.2, 0.25) is 0 Å². The van der Waals surface area contributed by atoms with Crippen molar-refractivity contribution in [2.45, 2.75) is 13.0 Å². The molecule has 0 aliphatic carbocycles. The average Bonchev–Trinajstić information content (AvgIpc) is 2.36. The highest BCUT2D eigenvalue weighted by Gasteiger charge is 2.33. The monoisotopic (exact) mass is 343 g/mol. The van der Waals surface area contributed by atoms with Gasteiger partial charge in [0.25, 0.3) is 5.91 Å². The molecule has 0 aromatic heterocycles. The van der Waals surface area contributed by atoms with Crippen molar-refractivity contribution >= 4 is 27.9 Å². The van der Waals surface area contributed by atoms with Crippen LogP contribution in [0.5, 0.6) is 0 Å². The van der Waals surface area contributed by atoms with Gasteiger partial charge in [0.15, 0.2) is 0 Å². The summed E-state index contributed by atoms with van der Waals surface area (Å²) in [6.07, 6.45) is 0. The molecular formula is C13H15BrFN3O2. The van der Waals surface area contributed by atoms with Crippen molar-refractivity contribution in [2.24, 2.45) is 0 Å². The minimum Gasteiger partial charge on any atom is -0.341 e. The van der Waals surface area contributed by atoms with E-state index >= 15 is 0 Å². The van der Waals surface area contributed by atoms with Gasteiger partial charge in [0.05, 0.1) is 6.04 Å². The molecule has 1 aromatic rings. The number of halogens is 2. The summed E-state index contributed by atoms with van der Waals surface area (Å²) in [6.45, 7) is 2.62. The van der Waals surface area contributed by atoms with E-state index in [1.807, 2.05) is 0 Å². The Kier molecular flexibility index (Phi) is 4.27. The molecule has 0 radical (unpaired) electrons. The first-order chi connectivity index (χ1) is 9.42. The van der Waals surface area contributed by atoms with Gasteiger partial charge in [-0.1, -0.05) is 15.9 Å². The van der Waals surface area contributed by atoms with Gasteiger partial charge >= 0.3 is 6.03 Å². The molecule has 20 heavy (non-hydrogen) atoms. The summed E-state index contributed by atoms with van der Waals surface area (Å²) < 4.78 is 14.0. The Hall–Kier alpha value is -1.63. The SMILES string of the molecule is CNC(=O)NC1CN(C(=O)c2cc(F)cc(Br)c2C)C1. The summed E-state index contributed by atoms with van der Waals surface area (Å²) in [4.78, 5) is 25.0. The lowest BCUT2D eigenvalue weighted by Gasteiger charge is -2.39. The van der Waals surface area contributed by atoms with E-state index in [0.717, 1.165) is 0 Å². The number of benzene rings is 1. The molecule has 2 rings (SSSR count). The Morgan fingerprint density at radius 2 is 2.05 bits per heavy atom. The van der Waals surface area contributed by atoms with E-state index in [-0.39, 0.29) is 18.0 Å². The highest BCUT2D eigenvalue weighted by molar-refractivity contribution is 9.10. The number of nitrogens with zero attached hydrogens (tertiary/aromatic N) is 1. The van der Waals surface area contributed by atoms with Crippen LogP contribution in [0.15, 0.2) is 16.6 Å². The molecule has 3 amide bonds. The fourth-order valence-electron chi connectivity index (χ4n) is 2.03. The number of carbonyl (C=O) groups is 2. The lowest BCUT2D eigenvalue weighted by atomic mass is 10.0. The second-order valence-electron chi connectivity index (χ2n) is 4.69. The predicted octanol–water partition coefficient (Wildman–Crippen LogP) is 1.65. The highest BCUT2D eigenvalue weighted by atomic mass is 79.9. The van der Waals surface area contributed by atoms with Gasteiger partial charge < -0.3 is 15.5 Å². The lowest BCUT2D eigenvalue weighted by Crippen LogP contribution is -2.62. The number of amides is 3. The van der Waals surface area contributed by atoms with E-state index < -0.39 is 5.82 Å². The first-order valence-corrected chi connectivity index (χ1v) is 6.95. The van der Waals surface area contributed by atoms with Crippen LogP contribution >= 0.6 is 15.9 Å². The van der Waals surface area contributed by atoms with Crippen molar-refractivity contribution in [1.82, 2.24) is 15.5 Å². The third-order valence-corrected chi connectivity index (χ3v) is 4.09. The molecular weight excluding hydrogens is 329 g/mol. The Morgan fingerprint density at radius 3 is 2.65 bits per heavy atom. The molecule has 7 heteroatoms. The molecule has 5 nitrogen and oxygen atoms in total. The Morgan fingerprint density at radius 1 is 1.40 bits per heavy atom. The fourth-order valence-corrected chi connectivity index (χ4v) is 2.46. The molecule has 0 saturated carbocycles. The van der Waals surface area contributed by atoms with Crippen LogP contribution in [0.4, 0.5) is 9.18 Å². The summed E-state index contributed by atoms with van der Waals surface area (Å²) in [5.41, 5.74) is 1.05. The van der Waals surface area contributed by atoms with Gasteiger partial charge in [-0.2, -0.15) is 0 Å². The zero-order chi connectivity index (χ0) is 14.9. The summed E-state index contributed by atoms with van der Waals surface area (Å²) in [5, 5.41) is 5.17. The zero-order valence-corrected chi connectivity index (χ0v) is 12.8. The maximum absolute atomic E-state index is 13.4. The Balaban J connectivity index is 2.03. The first-order valence-electron chi connectivity index (χ1n) is 6.15. The third kappa shape index (κ3) is 2.92. The van der Waals surface area contributed by atoms with Crippen molar-refractivity contribution < 1.29 is 14.0 Å². The van der Waals surface area contributed by atoms with Crippen LogP contribution < -0.4 is 10.6 Å². The molecule has 1 heterocycles. The average molecular weight is 344 g/mol. The van der Waals surface area contributed by atoms with Crippen molar-refractivity contribution in [3.05, 3.63) is 33.5 Å². The molecule has 1 aliphatic heterocycles. The second-order valence-corrected chi connectivity index (χ2v) is 5.55. The van der Waals surface area contributed by atoms with Crippen LogP contribution in [0.1, 0.15) is 15.9 Å². The first kappa shape index (κ1) is 14.8. The van der Waals surface area contributed by atoms with Crippen molar-refractivity contribution in [3.63, 3.8) is 0 Å². The van der Waals surface area contributed by atoms with Gasteiger partial charge in [0.1, 0.15) is 5.82 Å². The second kappa shape index (κ2) is 5.78. The predicted molar refractivity (Wildman–Crippen MR) is 76.1 cm³/mol. The largest absolute Gasteiger partial charge is 0.341 e. The van der Waals surface area contributed by atoms with Gasteiger partial charge in [0.2, 0.25) is 0 Å². The number of urea groups is 1. The molecule has 0 bridgehead atoms. The minimum atomic E-state index is -0.452. The van der Waals surface area contributed by atoms with Crippen LogP contribution in [0.25, 0.3) is 0 Å². The van der Waals surface area contributed by atoms with Crippen LogP contribution in [-0.4, -0.2) is 43.0 Å². The van der Waals surface area contributed by atoms with Crippen LogP contribution in [0.3, 0.4) is 0 Å². The van der Waals surface area contributed by atoms with Crippen molar-refractivity contribution in [1.29, 1.82) is 0 Å². The molecule has 108 valence electrons. The van der Waals surface area contributed by atoms with E-state index in [1.165, 1.54) is 19.2 Å². The van der Waals surface area contributed by atoms with Gasteiger partial charge in [0, 0.05) is 30.2 Å². The van der Waals surface area contributed by atoms with E-state index in [2.05, 4.69) is 26.6 Å². The Bertz CT molecular complexity index is 559. The molecule has 0 spiro atoms. The maximum atomic E-state index is 13.4. The highest BCUT2D eigenvalue weighted by Crippen LogP contribution is 2.24. The molecule has 1 fully saturated rings. The summed E-state index contributed by atoms with van der Waals surface area (Å²) in [7, 11) is 1.53. The standard InChI is InChI=1S/C13H15BrFN3O2/c1-7-10(3-8(15)4-11(7)14)12(19)18-5-9(6-18)17-13(20)16-2/h3-4,9H,5-6H2,1-2H3,(H2,16,17,20). The Labute approximate surface area is 124 Å². The minimum absolute atomic E-state index is 0.0591. The van der Waals surface area contributed by atoms with E-state index in [4.69, 9.17) is 0 Å². The molecule has 0 unspecified atom stereocenters. The smallest absolute Gasteiger partial charge is 0.314 e. The number of hydrogen-bond donors (Lipinski definition) is 2. The van der Waals surface area contributed by atoms with Crippen molar-refractivity contribution in [3.8, 4) is 0 Å². The number of carbonyl (C=O) groups excluding carboxylic acids is 2. The molecule has 1 saturated heterocycles. The maximum Gasteiger partial charge on any atom is 0.314 e. The summed E-state index contributed by atoms with van der Waals surface area (Å²) in [6, 6.07) is 2.24. The van der Waals surface area contributed by atoms with Crippen LogP contribution in [-0.2, 0) is 0 Å². The number of rotatable bonds is 2. The zero-order valence-electron chi connectivity index (χ0n) is 11.2. The van der Waals surface area contributed by atoms with Gasteiger partial charge in [-0.05, 0) is 24.6 Å². The number of hydrogen-bond acceptors (Lipinski definition) is 2. The molecule has 1 aromatic carbocycles. The van der Waals surface area contributed by atoms with E-state index in [1.54, 1.807) is 11.8 Å². The van der Waals surface area contributed by atoms with E-state index in [9.17, 15) is 14.0 Å². The third-order valence-electron chi connectivity index (χ3n) is 3.27. The number of likely N-dealkylation sites (tertiary alicyclic amines) is 1. The molecule has 0 atom stereocenters. The van der Waals surface area contributed by atoms with Gasteiger partial charge in [-0.3, -0.25) is 4.79 Å².